The first-order chi connectivity index (χ1) is 10.1. The van der Waals surface area contributed by atoms with Gasteiger partial charge in [0.2, 0.25) is 0 Å². The molecule has 0 unspecified atom stereocenters. The summed E-state index contributed by atoms with van der Waals surface area (Å²) in [4.78, 5) is 13.4. The van der Waals surface area contributed by atoms with E-state index in [9.17, 15) is 0 Å². The first-order valence-electron chi connectivity index (χ1n) is 6.98. The second-order valence-corrected chi connectivity index (χ2v) is 5.21. The number of hydrogen-bond donors (Lipinski definition) is 0. The predicted molar refractivity (Wildman–Crippen MR) is 84.9 cm³/mol. The summed E-state index contributed by atoms with van der Waals surface area (Å²) in [5.74, 6) is 0.667. The van der Waals surface area contributed by atoms with Crippen molar-refractivity contribution in [3.63, 3.8) is 0 Å². The molecule has 0 radical (unpaired) electrons. The zero-order chi connectivity index (χ0) is 14.8. The van der Waals surface area contributed by atoms with Gasteiger partial charge in [-0.05, 0) is 49.6 Å². The molecular formula is C18H17N3. The van der Waals surface area contributed by atoms with E-state index in [4.69, 9.17) is 0 Å². The number of nitrogens with zero attached hydrogens (tertiary/aromatic N) is 3. The number of pyridine rings is 1. The van der Waals surface area contributed by atoms with Crippen molar-refractivity contribution >= 4 is 0 Å². The topological polar surface area (TPSA) is 38.7 Å². The van der Waals surface area contributed by atoms with E-state index in [0.29, 0.717) is 5.82 Å². The average Bonchev–Trinajstić information content (AvgIpc) is 2.51. The minimum absolute atomic E-state index is 0.667. The van der Waals surface area contributed by atoms with Gasteiger partial charge >= 0.3 is 0 Å². The maximum absolute atomic E-state index is 4.60. The number of hydrogen-bond acceptors (Lipinski definition) is 3. The van der Waals surface area contributed by atoms with Crippen LogP contribution in [0.25, 0.3) is 22.6 Å². The Bertz CT molecular complexity index is 780. The van der Waals surface area contributed by atoms with Crippen LogP contribution in [-0.4, -0.2) is 15.0 Å². The highest BCUT2D eigenvalue weighted by Crippen LogP contribution is 2.25. The molecule has 0 atom stereocenters. The van der Waals surface area contributed by atoms with Gasteiger partial charge in [0.05, 0.1) is 0 Å². The quantitative estimate of drug-likeness (QED) is 0.705. The van der Waals surface area contributed by atoms with Crippen LogP contribution in [0.2, 0.25) is 0 Å². The molecule has 0 spiro atoms. The molecule has 1 aromatic carbocycles. The van der Waals surface area contributed by atoms with Gasteiger partial charge in [-0.2, -0.15) is 0 Å². The van der Waals surface area contributed by atoms with E-state index in [1.54, 1.807) is 6.20 Å². The minimum atomic E-state index is 0.667. The normalized spacial score (nSPS) is 10.6. The maximum Gasteiger partial charge on any atom is 0.178 e. The van der Waals surface area contributed by atoms with Crippen molar-refractivity contribution in [3.8, 4) is 22.6 Å². The molecule has 21 heavy (non-hydrogen) atoms. The Morgan fingerprint density at radius 2 is 1.71 bits per heavy atom. The van der Waals surface area contributed by atoms with Crippen molar-refractivity contribution in [3.05, 3.63) is 65.6 Å². The summed E-state index contributed by atoms with van der Waals surface area (Å²) < 4.78 is 0. The van der Waals surface area contributed by atoms with E-state index in [-0.39, 0.29) is 0 Å². The van der Waals surface area contributed by atoms with Crippen molar-refractivity contribution in [2.75, 3.05) is 0 Å². The van der Waals surface area contributed by atoms with Crippen LogP contribution in [0.1, 0.15) is 16.8 Å². The zero-order valence-electron chi connectivity index (χ0n) is 12.5. The van der Waals surface area contributed by atoms with Crippen LogP contribution in [0.5, 0.6) is 0 Å². The lowest BCUT2D eigenvalue weighted by atomic mass is 10.0. The summed E-state index contributed by atoms with van der Waals surface area (Å²) in [7, 11) is 0. The number of aromatic nitrogens is 3. The molecule has 0 fully saturated rings. The maximum atomic E-state index is 4.60. The molecule has 0 saturated carbocycles. The second-order valence-electron chi connectivity index (χ2n) is 5.21. The van der Waals surface area contributed by atoms with Gasteiger partial charge in [-0.15, -0.1) is 0 Å². The molecule has 3 rings (SSSR count). The Hall–Kier alpha value is -2.55. The zero-order valence-corrected chi connectivity index (χ0v) is 12.5. The molecule has 0 amide bonds. The molecule has 0 saturated heterocycles. The van der Waals surface area contributed by atoms with Crippen LogP contribution in [0.3, 0.4) is 0 Å². The van der Waals surface area contributed by atoms with Gasteiger partial charge in [-0.25, -0.2) is 9.97 Å². The van der Waals surface area contributed by atoms with Gasteiger partial charge in [0.25, 0.3) is 0 Å². The number of rotatable bonds is 2. The fourth-order valence-electron chi connectivity index (χ4n) is 2.28. The minimum Gasteiger partial charge on any atom is -0.253 e. The van der Waals surface area contributed by atoms with Crippen molar-refractivity contribution in [1.29, 1.82) is 0 Å². The highest BCUT2D eigenvalue weighted by atomic mass is 14.9. The smallest absolute Gasteiger partial charge is 0.178 e. The lowest BCUT2D eigenvalue weighted by Crippen LogP contribution is -1.96. The van der Waals surface area contributed by atoms with Crippen LogP contribution >= 0.6 is 0 Å². The Morgan fingerprint density at radius 1 is 0.857 bits per heavy atom. The Kier molecular flexibility index (Phi) is 3.48. The highest BCUT2D eigenvalue weighted by molar-refractivity contribution is 5.67. The Labute approximate surface area is 124 Å². The second kappa shape index (κ2) is 5.44. The number of benzene rings is 1. The van der Waals surface area contributed by atoms with Gasteiger partial charge in [0.1, 0.15) is 5.69 Å². The monoisotopic (exact) mass is 275 g/mol. The summed E-state index contributed by atoms with van der Waals surface area (Å²) in [5.41, 5.74) is 6.56. The van der Waals surface area contributed by atoms with Gasteiger partial charge in [-0.3, -0.25) is 4.98 Å². The van der Waals surface area contributed by atoms with Crippen molar-refractivity contribution < 1.29 is 0 Å². The lowest BCUT2D eigenvalue weighted by Gasteiger charge is -2.09. The molecule has 3 heteroatoms. The van der Waals surface area contributed by atoms with E-state index < -0.39 is 0 Å². The molecule has 104 valence electrons. The molecule has 2 aromatic heterocycles. The van der Waals surface area contributed by atoms with Crippen LogP contribution < -0.4 is 0 Å². The lowest BCUT2D eigenvalue weighted by molar-refractivity contribution is 1.09. The third kappa shape index (κ3) is 2.68. The van der Waals surface area contributed by atoms with Crippen LogP contribution in [0.15, 0.2) is 48.8 Å². The summed E-state index contributed by atoms with van der Waals surface area (Å²) >= 11 is 0. The van der Waals surface area contributed by atoms with E-state index in [2.05, 4.69) is 47.0 Å². The molecular weight excluding hydrogens is 258 g/mol. The molecule has 2 heterocycles. The van der Waals surface area contributed by atoms with Crippen LogP contribution in [0, 0.1) is 20.8 Å². The van der Waals surface area contributed by atoms with Crippen molar-refractivity contribution in [1.82, 2.24) is 15.0 Å². The Balaban J connectivity index is 2.04. The fourth-order valence-corrected chi connectivity index (χ4v) is 2.28. The third-order valence-corrected chi connectivity index (χ3v) is 3.69. The van der Waals surface area contributed by atoms with Crippen molar-refractivity contribution in [2.45, 2.75) is 20.8 Å². The largest absolute Gasteiger partial charge is 0.253 e. The summed E-state index contributed by atoms with van der Waals surface area (Å²) in [6, 6.07) is 12.2. The van der Waals surface area contributed by atoms with E-state index in [0.717, 1.165) is 22.5 Å². The van der Waals surface area contributed by atoms with E-state index in [1.165, 1.54) is 11.1 Å². The summed E-state index contributed by atoms with van der Waals surface area (Å²) in [6.07, 6.45) is 3.64. The molecule has 0 aliphatic rings. The Morgan fingerprint density at radius 3 is 2.38 bits per heavy atom. The van der Waals surface area contributed by atoms with Gasteiger partial charge in [0.15, 0.2) is 5.82 Å². The first-order valence-corrected chi connectivity index (χ1v) is 6.98. The predicted octanol–water partition coefficient (Wildman–Crippen LogP) is 4.13. The van der Waals surface area contributed by atoms with E-state index in [1.807, 2.05) is 31.3 Å². The van der Waals surface area contributed by atoms with Gasteiger partial charge < -0.3 is 0 Å². The molecule has 3 nitrogen and oxygen atoms in total. The SMILES string of the molecule is Cc1ccc(-c2cnc(-c3ccccn3)nc2C)cc1C. The molecule has 0 aliphatic carbocycles. The summed E-state index contributed by atoms with van der Waals surface area (Å²) in [5, 5.41) is 0. The van der Waals surface area contributed by atoms with Crippen molar-refractivity contribution in [2.24, 2.45) is 0 Å². The molecule has 0 N–H and O–H groups in total. The molecule has 0 aliphatic heterocycles. The third-order valence-electron chi connectivity index (χ3n) is 3.69. The standard InChI is InChI=1S/C18H17N3/c1-12-7-8-15(10-13(12)2)16-11-20-18(21-14(16)3)17-6-4-5-9-19-17/h4-11H,1-3H3. The summed E-state index contributed by atoms with van der Waals surface area (Å²) in [6.45, 7) is 6.25. The van der Waals surface area contributed by atoms with Crippen LogP contribution in [-0.2, 0) is 0 Å². The molecule has 3 aromatic rings. The molecule has 0 bridgehead atoms. The van der Waals surface area contributed by atoms with E-state index >= 15 is 0 Å². The average molecular weight is 275 g/mol. The fraction of sp³-hybridized carbons (Fsp3) is 0.167. The highest BCUT2D eigenvalue weighted by Gasteiger charge is 2.08. The van der Waals surface area contributed by atoms with Gasteiger partial charge in [-0.1, -0.05) is 24.3 Å². The van der Waals surface area contributed by atoms with Gasteiger partial charge in [0, 0.05) is 23.7 Å². The first kappa shape index (κ1) is 13.4. The van der Waals surface area contributed by atoms with Crippen LogP contribution in [0.4, 0.5) is 0 Å². The number of aryl methyl sites for hydroxylation is 3.